The van der Waals surface area contributed by atoms with Crippen molar-refractivity contribution < 1.29 is 23.9 Å². The van der Waals surface area contributed by atoms with E-state index in [0.29, 0.717) is 21.5 Å². The summed E-state index contributed by atoms with van der Waals surface area (Å²) in [5, 5.41) is 19.9. The van der Waals surface area contributed by atoms with Gasteiger partial charge in [-0.25, -0.2) is 4.79 Å². The topological polar surface area (TPSA) is 112 Å². The summed E-state index contributed by atoms with van der Waals surface area (Å²) in [7, 11) is 1.46. The number of benzene rings is 2. The molecule has 0 spiro atoms. The van der Waals surface area contributed by atoms with Gasteiger partial charge >= 0.3 is 5.97 Å². The average molecular weight is 461 g/mol. The molecule has 0 unspecified atom stereocenters. The van der Waals surface area contributed by atoms with Gasteiger partial charge < -0.3 is 14.2 Å². The number of nitro benzene ring substituents is 1. The quantitative estimate of drug-likeness (QED) is 0.188. The van der Waals surface area contributed by atoms with E-state index in [1.165, 1.54) is 25.3 Å². The molecule has 0 aromatic heterocycles. The van der Waals surface area contributed by atoms with Crippen molar-refractivity contribution in [3.05, 3.63) is 67.7 Å². The summed E-state index contributed by atoms with van der Waals surface area (Å²) in [5.74, 6) is 0.103. The Kier molecular flexibility index (Phi) is 7.74. The van der Waals surface area contributed by atoms with Gasteiger partial charge in [0.15, 0.2) is 11.5 Å². The van der Waals surface area contributed by atoms with E-state index in [-0.39, 0.29) is 24.5 Å². The van der Waals surface area contributed by atoms with Crippen molar-refractivity contribution in [2.24, 2.45) is 0 Å². The van der Waals surface area contributed by atoms with Crippen molar-refractivity contribution in [2.75, 3.05) is 13.7 Å². The van der Waals surface area contributed by atoms with Crippen LogP contribution < -0.4 is 9.47 Å². The number of ether oxygens (including phenoxy) is 3. The highest BCUT2D eigenvalue weighted by atomic mass is 79.9. The predicted molar refractivity (Wildman–Crippen MR) is 108 cm³/mol. The number of esters is 1. The Balaban J connectivity index is 2.24. The summed E-state index contributed by atoms with van der Waals surface area (Å²) in [6.07, 6.45) is 1.39. The molecule has 2 aromatic rings. The normalized spacial score (nSPS) is 10.8. The number of carbonyl (C=O) groups is 1. The van der Waals surface area contributed by atoms with E-state index in [9.17, 15) is 20.2 Å². The number of rotatable bonds is 8. The van der Waals surface area contributed by atoms with Crippen LogP contribution in [0.4, 0.5) is 5.69 Å². The van der Waals surface area contributed by atoms with Gasteiger partial charge in [-0.3, -0.25) is 10.1 Å². The summed E-state index contributed by atoms with van der Waals surface area (Å²) < 4.78 is 16.5. The molecule has 0 amide bonds. The Bertz CT molecular complexity index is 980. The largest absolute Gasteiger partial charge is 0.493 e. The van der Waals surface area contributed by atoms with Crippen LogP contribution in [0, 0.1) is 21.4 Å². The standard InChI is InChI=1S/C20H17BrN2O6/c1-3-28-20(24)15(11-22)8-14-9-18(27-2)19(10-17(14)21)29-12-13-4-6-16(7-5-13)23(25)26/h4-10H,3,12H2,1-2H3. The molecular formula is C20H17BrN2O6. The van der Waals surface area contributed by atoms with Crippen LogP contribution in [0.25, 0.3) is 6.08 Å². The van der Waals surface area contributed by atoms with Gasteiger partial charge in [0, 0.05) is 16.6 Å². The van der Waals surface area contributed by atoms with E-state index in [1.54, 1.807) is 31.2 Å². The van der Waals surface area contributed by atoms with Crippen LogP contribution in [-0.2, 0) is 16.1 Å². The molecule has 2 rings (SSSR count). The van der Waals surface area contributed by atoms with Crippen molar-refractivity contribution in [3.63, 3.8) is 0 Å². The Morgan fingerprint density at radius 1 is 1.28 bits per heavy atom. The summed E-state index contributed by atoms with van der Waals surface area (Å²) in [6, 6.07) is 11.1. The summed E-state index contributed by atoms with van der Waals surface area (Å²) in [6.45, 7) is 1.99. The van der Waals surface area contributed by atoms with Crippen LogP contribution in [0.15, 0.2) is 46.4 Å². The van der Waals surface area contributed by atoms with Gasteiger partial charge in [0.2, 0.25) is 0 Å². The fraction of sp³-hybridized carbons (Fsp3) is 0.200. The summed E-state index contributed by atoms with van der Waals surface area (Å²) in [4.78, 5) is 22.1. The molecule has 0 aliphatic rings. The van der Waals surface area contributed by atoms with Crippen molar-refractivity contribution in [3.8, 4) is 17.6 Å². The molecule has 0 saturated heterocycles. The van der Waals surface area contributed by atoms with E-state index >= 15 is 0 Å². The van der Waals surface area contributed by atoms with E-state index in [2.05, 4.69) is 15.9 Å². The minimum absolute atomic E-state index is 0.000104. The number of halogens is 1. The molecule has 8 nitrogen and oxygen atoms in total. The van der Waals surface area contributed by atoms with Gasteiger partial charge in [-0.1, -0.05) is 15.9 Å². The Morgan fingerprint density at radius 2 is 1.97 bits per heavy atom. The third-order valence-electron chi connectivity index (χ3n) is 3.74. The summed E-state index contributed by atoms with van der Waals surface area (Å²) in [5.41, 5.74) is 1.13. The number of non-ortho nitro benzene ring substituents is 1. The number of carbonyl (C=O) groups excluding carboxylic acids is 1. The average Bonchev–Trinajstić information content (AvgIpc) is 2.71. The molecule has 2 aromatic carbocycles. The monoisotopic (exact) mass is 460 g/mol. The van der Waals surface area contributed by atoms with Crippen molar-refractivity contribution in [1.82, 2.24) is 0 Å². The maximum absolute atomic E-state index is 11.8. The molecule has 0 radical (unpaired) electrons. The van der Waals surface area contributed by atoms with Gasteiger partial charge in [-0.15, -0.1) is 0 Å². The fourth-order valence-corrected chi connectivity index (χ4v) is 2.75. The second-order valence-corrected chi connectivity index (χ2v) is 6.48. The highest BCUT2D eigenvalue weighted by molar-refractivity contribution is 9.10. The third kappa shape index (κ3) is 5.80. The SMILES string of the molecule is CCOC(=O)C(C#N)=Cc1cc(OC)c(OCc2ccc([N+](=O)[O-])cc2)cc1Br. The van der Waals surface area contributed by atoms with Gasteiger partial charge in [-0.05, 0) is 48.4 Å². The van der Waals surface area contributed by atoms with Crippen molar-refractivity contribution in [1.29, 1.82) is 5.26 Å². The maximum Gasteiger partial charge on any atom is 0.348 e. The molecule has 0 atom stereocenters. The fourth-order valence-electron chi connectivity index (χ4n) is 2.31. The first kappa shape index (κ1) is 21.9. The van der Waals surface area contributed by atoms with Crippen LogP contribution in [0.2, 0.25) is 0 Å². The molecule has 150 valence electrons. The number of hydrogen-bond donors (Lipinski definition) is 0. The summed E-state index contributed by atoms with van der Waals surface area (Å²) >= 11 is 3.39. The Morgan fingerprint density at radius 3 is 2.52 bits per heavy atom. The number of nitro groups is 1. The highest BCUT2D eigenvalue weighted by Crippen LogP contribution is 2.35. The van der Waals surface area contributed by atoms with Gasteiger partial charge in [0.1, 0.15) is 18.2 Å². The molecular weight excluding hydrogens is 444 g/mol. The zero-order valence-electron chi connectivity index (χ0n) is 15.7. The van der Waals surface area contributed by atoms with E-state index in [4.69, 9.17) is 14.2 Å². The first-order valence-corrected chi connectivity index (χ1v) is 9.21. The third-order valence-corrected chi connectivity index (χ3v) is 4.43. The Labute approximate surface area is 175 Å². The maximum atomic E-state index is 11.8. The molecule has 0 aliphatic heterocycles. The van der Waals surface area contributed by atoms with E-state index in [0.717, 1.165) is 5.56 Å². The zero-order valence-corrected chi connectivity index (χ0v) is 17.3. The zero-order chi connectivity index (χ0) is 21.4. The number of hydrogen-bond acceptors (Lipinski definition) is 7. The first-order valence-electron chi connectivity index (χ1n) is 8.42. The molecule has 0 fully saturated rings. The van der Waals surface area contributed by atoms with Crippen LogP contribution in [0.1, 0.15) is 18.1 Å². The second kappa shape index (κ2) is 10.2. The molecule has 0 heterocycles. The van der Waals surface area contributed by atoms with Crippen molar-refractivity contribution in [2.45, 2.75) is 13.5 Å². The van der Waals surface area contributed by atoms with E-state index < -0.39 is 10.9 Å². The first-order chi connectivity index (χ1) is 13.9. The molecule has 0 bridgehead atoms. The highest BCUT2D eigenvalue weighted by Gasteiger charge is 2.14. The van der Waals surface area contributed by atoms with Crippen LogP contribution in [0.3, 0.4) is 0 Å². The van der Waals surface area contributed by atoms with E-state index in [1.807, 2.05) is 6.07 Å². The predicted octanol–water partition coefficient (Wildman–Crippen LogP) is 4.41. The molecule has 0 saturated carbocycles. The lowest BCUT2D eigenvalue weighted by Crippen LogP contribution is -2.06. The molecule has 29 heavy (non-hydrogen) atoms. The smallest absolute Gasteiger partial charge is 0.348 e. The molecule has 9 heteroatoms. The lowest BCUT2D eigenvalue weighted by Gasteiger charge is -2.13. The van der Waals surface area contributed by atoms with Crippen LogP contribution in [0.5, 0.6) is 11.5 Å². The molecule has 0 N–H and O–H groups in total. The minimum Gasteiger partial charge on any atom is -0.493 e. The molecule has 0 aliphatic carbocycles. The second-order valence-electron chi connectivity index (χ2n) is 5.63. The Hall–Kier alpha value is -3.38. The number of nitriles is 1. The number of nitrogens with zero attached hydrogens (tertiary/aromatic N) is 2. The lowest BCUT2D eigenvalue weighted by molar-refractivity contribution is -0.384. The van der Waals surface area contributed by atoms with Gasteiger partial charge in [-0.2, -0.15) is 5.26 Å². The lowest BCUT2D eigenvalue weighted by atomic mass is 10.1. The van der Waals surface area contributed by atoms with Crippen LogP contribution >= 0.6 is 15.9 Å². The van der Waals surface area contributed by atoms with Crippen LogP contribution in [-0.4, -0.2) is 24.6 Å². The van der Waals surface area contributed by atoms with Gasteiger partial charge in [0.25, 0.3) is 5.69 Å². The minimum atomic E-state index is -0.709. The van der Waals surface area contributed by atoms with Gasteiger partial charge in [0.05, 0.1) is 18.6 Å². The number of methoxy groups -OCH3 is 1. The van der Waals surface area contributed by atoms with Crippen molar-refractivity contribution >= 4 is 33.7 Å².